The van der Waals surface area contributed by atoms with Crippen molar-refractivity contribution in [3.8, 4) is 0 Å². The lowest BCUT2D eigenvalue weighted by molar-refractivity contribution is -0.190. The Hall–Kier alpha value is -1.40. The number of hydrogen-bond acceptors (Lipinski definition) is 3. The number of ether oxygens (including phenoxy) is 1. The van der Waals surface area contributed by atoms with Crippen molar-refractivity contribution >= 4 is 27.8 Å². The van der Waals surface area contributed by atoms with E-state index in [-0.39, 0.29) is 13.2 Å². The van der Waals surface area contributed by atoms with E-state index in [1.807, 2.05) is 24.3 Å². The minimum absolute atomic E-state index is 0.0516. The Labute approximate surface area is 119 Å². The van der Waals surface area contributed by atoms with Crippen molar-refractivity contribution in [3.63, 3.8) is 0 Å². The quantitative estimate of drug-likeness (QED) is 0.851. The molecule has 0 saturated carbocycles. The molecule has 1 N–H and O–H groups in total. The van der Waals surface area contributed by atoms with Crippen LogP contribution in [0.3, 0.4) is 0 Å². The standard InChI is InChI=1S/C13H14BrNO4/c1-15(6-9-3-2-4-10(14)5-9)11(16)13(12(17)18)7-19-8-13/h2-5H,6-8H2,1H3,(H,17,18). The second-order valence-electron chi connectivity index (χ2n) is 4.67. The van der Waals surface area contributed by atoms with Crippen LogP contribution in [-0.2, 0) is 20.9 Å². The van der Waals surface area contributed by atoms with E-state index in [1.54, 1.807) is 7.05 Å². The summed E-state index contributed by atoms with van der Waals surface area (Å²) in [6.45, 7) is 0.265. The number of nitrogens with zero attached hydrogens (tertiary/aromatic N) is 1. The van der Waals surface area contributed by atoms with Crippen LogP contribution in [0.4, 0.5) is 0 Å². The molecule has 1 aromatic rings. The van der Waals surface area contributed by atoms with Crippen molar-refractivity contribution < 1.29 is 19.4 Å². The van der Waals surface area contributed by atoms with E-state index in [9.17, 15) is 14.7 Å². The number of carboxylic acids is 1. The van der Waals surface area contributed by atoms with E-state index in [0.717, 1.165) is 10.0 Å². The molecule has 1 aliphatic heterocycles. The second-order valence-corrected chi connectivity index (χ2v) is 5.59. The zero-order chi connectivity index (χ0) is 14.0. The Morgan fingerprint density at radius 1 is 1.47 bits per heavy atom. The normalized spacial score (nSPS) is 16.5. The van der Waals surface area contributed by atoms with Gasteiger partial charge in [0.2, 0.25) is 5.91 Å². The number of benzene rings is 1. The molecule has 1 saturated heterocycles. The number of carbonyl (C=O) groups excluding carboxylic acids is 1. The molecule has 5 nitrogen and oxygen atoms in total. The average molecular weight is 328 g/mol. The minimum Gasteiger partial charge on any atom is -0.480 e. The van der Waals surface area contributed by atoms with Crippen molar-refractivity contribution in [2.75, 3.05) is 20.3 Å². The molecule has 1 aromatic carbocycles. The zero-order valence-corrected chi connectivity index (χ0v) is 12.0. The summed E-state index contributed by atoms with van der Waals surface area (Å²) >= 11 is 3.36. The van der Waals surface area contributed by atoms with Gasteiger partial charge in [0.05, 0.1) is 13.2 Å². The Balaban J connectivity index is 2.09. The number of carbonyl (C=O) groups is 2. The summed E-state index contributed by atoms with van der Waals surface area (Å²) in [6.07, 6.45) is 0. The van der Waals surface area contributed by atoms with E-state index in [2.05, 4.69) is 15.9 Å². The minimum atomic E-state index is -1.40. The molecule has 1 amide bonds. The third-order valence-electron chi connectivity index (χ3n) is 3.17. The molecule has 1 heterocycles. The third-order valence-corrected chi connectivity index (χ3v) is 3.66. The number of hydrogen-bond donors (Lipinski definition) is 1. The lowest BCUT2D eigenvalue weighted by Crippen LogP contribution is -2.59. The van der Waals surface area contributed by atoms with Crippen LogP contribution in [0.2, 0.25) is 0 Å². The summed E-state index contributed by atoms with van der Waals surface area (Å²) in [5.74, 6) is -1.53. The molecule has 6 heteroatoms. The van der Waals surface area contributed by atoms with Gasteiger partial charge in [-0.3, -0.25) is 9.59 Å². The Morgan fingerprint density at radius 2 is 2.16 bits per heavy atom. The average Bonchev–Trinajstić information content (AvgIpc) is 2.26. The van der Waals surface area contributed by atoms with Crippen LogP contribution in [0.15, 0.2) is 28.7 Å². The number of rotatable bonds is 4. The second kappa shape index (κ2) is 5.30. The van der Waals surface area contributed by atoms with Gasteiger partial charge in [-0.05, 0) is 17.7 Å². The first kappa shape index (κ1) is 14.0. The largest absolute Gasteiger partial charge is 0.480 e. The Kier molecular flexibility index (Phi) is 3.91. The molecular weight excluding hydrogens is 314 g/mol. The molecule has 0 radical (unpaired) electrons. The maximum Gasteiger partial charge on any atom is 0.324 e. The van der Waals surface area contributed by atoms with Gasteiger partial charge >= 0.3 is 5.97 Å². The van der Waals surface area contributed by atoms with Gasteiger partial charge in [0.15, 0.2) is 5.41 Å². The molecule has 0 bridgehead atoms. The van der Waals surface area contributed by atoms with Crippen molar-refractivity contribution in [1.29, 1.82) is 0 Å². The molecule has 2 rings (SSSR count). The van der Waals surface area contributed by atoms with E-state index < -0.39 is 17.3 Å². The van der Waals surface area contributed by atoms with Gasteiger partial charge in [-0.25, -0.2) is 0 Å². The first-order valence-corrected chi connectivity index (χ1v) is 6.56. The Bertz CT molecular complexity index is 513. The Morgan fingerprint density at radius 3 is 2.63 bits per heavy atom. The number of amides is 1. The fraction of sp³-hybridized carbons (Fsp3) is 0.385. The molecule has 1 fully saturated rings. The molecular formula is C13H14BrNO4. The third kappa shape index (κ3) is 2.64. The van der Waals surface area contributed by atoms with Crippen LogP contribution in [0.1, 0.15) is 5.56 Å². The predicted octanol–water partition coefficient (Wildman–Crippen LogP) is 1.51. The molecule has 0 atom stereocenters. The first-order chi connectivity index (χ1) is 8.95. The highest BCUT2D eigenvalue weighted by Gasteiger charge is 2.54. The van der Waals surface area contributed by atoms with Gasteiger partial charge < -0.3 is 14.7 Å². The molecule has 0 unspecified atom stereocenters. The summed E-state index contributed by atoms with van der Waals surface area (Å²) in [4.78, 5) is 24.9. The number of carboxylic acid groups (broad SMARTS) is 1. The van der Waals surface area contributed by atoms with Crippen LogP contribution in [0, 0.1) is 5.41 Å². The van der Waals surface area contributed by atoms with Crippen molar-refractivity contribution in [2.45, 2.75) is 6.54 Å². The van der Waals surface area contributed by atoms with E-state index >= 15 is 0 Å². The molecule has 19 heavy (non-hydrogen) atoms. The zero-order valence-electron chi connectivity index (χ0n) is 10.4. The predicted molar refractivity (Wildman–Crippen MR) is 71.5 cm³/mol. The summed E-state index contributed by atoms with van der Waals surface area (Å²) in [6, 6.07) is 7.55. The van der Waals surface area contributed by atoms with Crippen molar-refractivity contribution in [3.05, 3.63) is 34.3 Å². The van der Waals surface area contributed by atoms with E-state index in [0.29, 0.717) is 6.54 Å². The number of halogens is 1. The summed E-state index contributed by atoms with van der Waals surface area (Å²) < 4.78 is 5.83. The fourth-order valence-corrected chi connectivity index (χ4v) is 2.44. The topological polar surface area (TPSA) is 66.8 Å². The van der Waals surface area contributed by atoms with Gasteiger partial charge in [-0.1, -0.05) is 28.1 Å². The van der Waals surface area contributed by atoms with Crippen LogP contribution in [0.25, 0.3) is 0 Å². The van der Waals surface area contributed by atoms with E-state index in [4.69, 9.17) is 4.74 Å². The van der Waals surface area contributed by atoms with Crippen LogP contribution in [-0.4, -0.2) is 42.1 Å². The molecule has 102 valence electrons. The van der Waals surface area contributed by atoms with Crippen LogP contribution < -0.4 is 0 Å². The first-order valence-electron chi connectivity index (χ1n) is 5.77. The summed E-state index contributed by atoms with van der Waals surface area (Å²) in [5, 5.41) is 9.18. The van der Waals surface area contributed by atoms with Gasteiger partial charge in [-0.2, -0.15) is 0 Å². The smallest absolute Gasteiger partial charge is 0.324 e. The van der Waals surface area contributed by atoms with Crippen molar-refractivity contribution in [2.24, 2.45) is 5.41 Å². The number of aliphatic carboxylic acids is 1. The molecule has 0 aliphatic carbocycles. The lowest BCUT2D eigenvalue weighted by Gasteiger charge is -2.38. The molecule has 1 aliphatic rings. The van der Waals surface area contributed by atoms with Crippen LogP contribution >= 0.6 is 15.9 Å². The lowest BCUT2D eigenvalue weighted by atomic mass is 9.84. The SMILES string of the molecule is CN(Cc1cccc(Br)c1)C(=O)C1(C(=O)O)COC1. The monoisotopic (exact) mass is 327 g/mol. The molecule has 0 aromatic heterocycles. The highest BCUT2D eigenvalue weighted by molar-refractivity contribution is 9.10. The highest BCUT2D eigenvalue weighted by Crippen LogP contribution is 2.30. The summed E-state index contributed by atoms with van der Waals surface area (Å²) in [7, 11) is 1.60. The fourth-order valence-electron chi connectivity index (χ4n) is 1.99. The van der Waals surface area contributed by atoms with Gasteiger partial charge in [0.1, 0.15) is 0 Å². The van der Waals surface area contributed by atoms with Crippen LogP contribution in [0.5, 0.6) is 0 Å². The summed E-state index contributed by atoms with van der Waals surface area (Å²) in [5.41, 5.74) is -0.466. The molecule has 0 spiro atoms. The van der Waals surface area contributed by atoms with Crippen molar-refractivity contribution in [1.82, 2.24) is 4.90 Å². The maximum absolute atomic E-state index is 12.2. The highest BCUT2D eigenvalue weighted by atomic mass is 79.9. The van der Waals surface area contributed by atoms with Gasteiger partial charge in [0, 0.05) is 18.1 Å². The van der Waals surface area contributed by atoms with Gasteiger partial charge in [-0.15, -0.1) is 0 Å². The van der Waals surface area contributed by atoms with E-state index in [1.165, 1.54) is 4.90 Å². The maximum atomic E-state index is 12.2. The van der Waals surface area contributed by atoms with Gasteiger partial charge in [0.25, 0.3) is 0 Å².